The Morgan fingerprint density at radius 2 is 2.00 bits per heavy atom. The number of benzene rings is 1. The van der Waals surface area contributed by atoms with Crippen molar-refractivity contribution in [2.75, 3.05) is 19.8 Å². The standard InChI is InChI=1S/C22H29BrN2O4/c1-16(2)24(15-27)10-20-13-28-14-21(17(3)23)25(20)18(4)22(11-26)29-12-19-8-6-5-7-9-19/h5-9,11,15-16,20H,10,12-14H2,1-4H3/b21-17+,22-18+. The zero-order valence-corrected chi connectivity index (χ0v) is 19.0. The minimum absolute atomic E-state index is 0.0675. The number of morpholine rings is 1. The topological polar surface area (TPSA) is 59.1 Å². The summed E-state index contributed by atoms with van der Waals surface area (Å²) in [6.45, 7) is 9.39. The second kappa shape index (κ2) is 11.2. The van der Waals surface area contributed by atoms with E-state index in [1.807, 2.05) is 58.0 Å². The zero-order valence-electron chi connectivity index (χ0n) is 17.4. The first-order chi connectivity index (χ1) is 13.9. The van der Waals surface area contributed by atoms with E-state index in [-0.39, 0.29) is 17.8 Å². The van der Waals surface area contributed by atoms with Crippen molar-refractivity contribution in [2.24, 2.45) is 0 Å². The number of ether oxygens (including phenoxy) is 2. The molecule has 0 spiro atoms. The summed E-state index contributed by atoms with van der Waals surface area (Å²) in [6, 6.07) is 9.65. The Morgan fingerprint density at radius 1 is 1.31 bits per heavy atom. The monoisotopic (exact) mass is 464 g/mol. The van der Waals surface area contributed by atoms with Crippen LogP contribution in [0.3, 0.4) is 0 Å². The van der Waals surface area contributed by atoms with Crippen molar-refractivity contribution in [1.29, 1.82) is 0 Å². The number of carbonyl (C=O) groups excluding carboxylic acids is 2. The average molecular weight is 465 g/mol. The summed E-state index contributed by atoms with van der Waals surface area (Å²) in [6.07, 6.45) is 1.60. The van der Waals surface area contributed by atoms with E-state index >= 15 is 0 Å². The van der Waals surface area contributed by atoms with Gasteiger partial charge in [0.05, 0.1) is 30.6 Å². The number of carbonyl (C=O) groups is 2. The second-order valence-electron chi connectivity index (χ2n) is 7.26. The smallest absolute Gasteiger partial charge is 0.210 e. The van der Waals surface area contributed by atoms with Gasteiger partial charge in [0.25, 0.3) is 0 Å². The number of rotatable bonds is 9. The number of halogens is 1. The lowest BCUT2D eigenvalue weighted by Crippen LogP contribution is -2.50. The Labute approximate surface area is 181 Å². The van der Waals surface area contributed by atoms with Crippen molar-refractivity contribution < 1.29 is 19.1 Å². The van der Waals surface area contributed by atoms with Crippen molar-refractivity contribution in [3.8, 4) is 0 Å². The van der Waals surface area contributed by atoms with E-state index in [0.717, 1.165) is 28.4 Å². The summed E-state index contributed by atoms with van der Waals surface area (Å²) >= 11 is 3.55. The maximum atomic E-state index is 11.8. The van der Waals surface area contributed by atoms with Gasteiger partial charge in [-0.3, -0.25) is 9.59 Å². The van der Waals surface area contributed by atoms with Crippen molar-refractivity contribution in [3.63, 3.8) is 0 Å². The molecule has 0 radical (unpaired) electrons. The summed E-state index contributed by atoms with van der Waals surface area (Å²) in [5.41, 5.74) is 2.60. The van der Waals surface area contributed by atoms with Crippen LogP contribution in [0.4, 0.5) is 0 Å². The third-order valence-electron chi connectivity index (χ3n) is 4.89. The molecule has 1 fully saturated rings. The summed E-state index contributed by atoms with van der Waals surface area (Å²) in [7, 11) is 0. The lowest BCUT2D eigenvalue weighted by molar-refractivity contribution is -0.121. The Balaban J connectivity index is 2.34. The molecular weight excluding hydrogens is 436 g/mol. The average Bonchev–Trinajstić information content (AvgIpc) is 2.72. The van der Waals surface area contributed by atoms with Gasteiger partial charge in [-0.25, -0.2) is 0 Å². The highest BCUT2D eigenvalue weighted by Gasteiger charge is 2.32. The number of nitrogens with zero attached hydrogens (tertiary/aromatic N) is 2. The molecule has 0 aromatic heterocycles. The van der Waals surface area contributed by atoms with Crippen molar-refractivity contribution in [3.05, 3.63) is 57.5 Å². The molecule has 1 aromatic carbocycles. The fourth-order valence-corrected chi connectivity index (χ4v) is 3.53. The van der Waals surface area contributed by atoms with Gasteiger partial charge in [0, 0.05) is 17.1 Å². The summed E-state index contributed by atoms with van der Waals surface area (Å²) in [4.78, 5) is 27.1. The second-order valence-corrected chi connectivity index (χ2v) is 8.45. The molecule has 2 rings (SSSR count). The fraction of sp³-hybridized carbons (Fsp3) is 0.455. The minimum Gasteiger partial charge on any atom is -0.484 e. The van der Waals surface area contributed by atoms with Crippen molar-refractivity contribution in [2.45, 2.75) is 46.4 Å². The van der Waals surface area contributed by atoms with E-state index in [0.29, 0.717) is 32.1 Å². The summed E-state index contributed by atoms with van der Waals surface area (Å²) in [5, 5.41) is 0. The Bertz CT molecular complexity index is 757. The van der Waals surface area contributed by atoms with Gasteiger partial charge in [0.15, 0.2) is 12.0 Å². The van der Waals surface area contributed by atoms with Gasteiger partial charge >= 0.3 is 0 Å². The van der Waals surface area contributed by atoms with Gasteiger partial charge in [0.1, 0.15) is 6.61 Å². The van der Waals surface area contributed by atoms with E-state index in [1.54, 1.807) is 4.90 Å². The van der Waals surface area contributed by atoms with Crippen molar-refractivity contribution in [1.82, 2.24) is 9.80 Å². The first-order valence-electron chi connectivity index (χ1n) is 9.65. The molecule has 1 saturated heterocycles. The molecule has 7 heteroatoms. The van der Waals surface area contributed by atoms with Crippen LogP contribution in [0.5, 0.6) is 0 Å². The number of amides is 1. The molecule has 1 aliphatic heterocycles. The van der Waals surface area contributed by atoms with Crippen LogP contribution in [0, 0.1) is 0 Å². The summed E-state index contributed by atoms with van der Waals surface area (Å²) in [5.74, 6) is 0.272. The number of hydrogen-bond acceptors (Lipinski definition) is 5. The van der Waals surface area contributed by atoms with Gasteiger partial charge in [-0.15, -0.1) is 0 Å². The van der Waals surface area contributed by atoms with Crippen molar-refractivity contribution >= 4 is 28.6 Å². The first kappa shape index (κ1) is 23.2. The van der Waals surface area contributed by atoms with Crippen LogP contribution < -0.4 is 0 Å². The third kappa shape index (κ3) is 6.18. The maximum absolute atomic E-state index is 11.8. The van der Waals surface area contributed by atoms with E-state index in [9.17, 15) is 9.59 Å². The molecule has 1 aromatic rings. The molecule has 0 saturated carbocycles. The SMILES string of the molecule is C/C(Br)=C1/COCC(CN(C=O)C(C)C)N1/C(C)=C(\C=O)OCc1ccccc1. The lowest BCUT2D eigenvalue weighted by atomic mass is 10.1. The van der Waals surface area contributed by atoms with Crippen LogP contribution in [0.2, 0.25) is 0 Å². The van der Waals surface area contributed by atoms with Gasteiger partial charge in [0.2, 0.25) is 6.41 Å². The number of allylic oxidation sites excluding steroid dienone is 3. The maximum Gasteiger partial charge on any atom is 0.210 e. The molecular formula is C22H29BrN2O4. The van der Waals surface area contributed by atoms with Gasteiger partial charge in [-0.2, -0.15) is 0 Å². The normalized spacial score (nSPS) is 19.5. The van der Waals surface area contributed by atoms with Crippen LogP contribution >= 0.6 is 15.9 Å². The molecule has 0 N–H and O–H groups in total. The van der Waals surface area contributed by atoms with Crippen LogP contribution in [-0.4, -0.2) is 54.3 Å². The molecule has 1 unspecified atom stereocenters. The van der Waals surface area contributed by atoms with E-state index < -0.39 is 0 Å². The van der Waals surface area contributed by atoms with Crippen LogP contribution in [0.1, 0.15) is 33.3 Å². The molecule has 0 aliphatic carbocycles. The lowest BCUT2D eigenvalue weighted by Gasteiger charge is -2.42. The van der Waals surface area contributed by atoms with E-state index in [4.69, 9.17) is 9.47 Å². The highest BCUT2D eigenvalue weighted by atomic mass is 79.9. The first-order valence-corrected chi connectivity index (χ1v) is 10.4. The van der Waals surface area contributed by atoms with Crippen LogP contribution in [0.25, 0.3) is 0 Å². The number of aldehydes is 1. The van der Waals surface area contributed by atoms with Gasteiger partial charge in [-0.1, -0.05) is 46.3 Å². The summed E-state index contributed by atoms with van der Waals surface area (Å²) < 4.78 is 12.5. The quantitative estimate of drug-likeness (QED) is 0.315. The van der Waals surface area contributed by atoms with E-state index in [1.165, 1.54) is 0 Å². The largest absolute Gasteiger partial charge is 0.484 e. The predicted octanol–water partition coefficient (Wildman–Crippen LogP) is 3.83. The Morgan fingerprint density at radius 3 is 2.55 bits per heavy atom. The van der Waals surface area contributed by atoms with Crippen LogP contribution in [0.15, 0.2) is 52.0 Å². The van der Waals surface area contributed by atoms with Crippen LogP contribution in [-0.2, 0) is 25.7 Å². The molecule has 6 nitrogen and oxygen atoms in total. The molecule has 1 aliphatic rings. The molecule has 29 heavy (non-hydrogen) atoms. The fourth-order valence-electron chi connectivity index (χ4n) is 3.23. The molecule has 1 amide bonds. The molecule has 158 valence electrons. The van der Waals surface area contributed by atoms with Gasteiger partial charge in [-0.05, 0) is 33.3 Å². The van der Waals surface area contributed by atoms with E-state index in [2.05, 4.69) is 20.8 Å². The minimum atomic E-state index is -0.130. The number of hydrogen-bond donors (Lipinski definition) is 0. The van der Waals surface area contributed by atoms with Gasteiger partial charge < -0.3 is 19.3 Å². The molecule has 1 heterocycles. The molecule has 0 bridgehead atoms. The Hall–Kier alpha value is -2.12. The highest BCUT2D eigenvalue weighted by Crippen LogP contribution is 2.29. The zero-order chi connectivity index (χ0) is 21.4. The highest BCUT2D eigenvalue weighted by molar-refractivity contribution is 9.11. The Kier molecular flexibility index (Phi) is 8.92. The molecule has 1 atom stereocenters. The predicted molar refractivity (Wildman–Crippen MR) is 116 cm³/mol. The third-order valence-corrected chi connectivity index (χ3v) is 5.34.